The highest BCUT2D eigenvalue weighted by atomic mass is 16.3. The summed E-state index contributed by atoms with van der Waals surface area (Å²) in [5.74, 6) is 1.07. The summed E-state index contributed by atoms with van der Waals surface area (Å²) < 4.78 is 5.47. The van der Waals surface area contributed by atoms with E-state index in [4.69, 9.17) is 4.42 Å². The van der Waals surface area contributed by atoms with E-state index in [0.29, 0.717) is 38.5 Å². The molecule has 2 aromatic carbocycles. The van der Waals surface area contributed by atoms with Crippen LogP contribution in [-0.4, -0.2) is 66.3 Å². The number of carbonyl (C=O) groups excluding carboxylic acids is 2. The summed E-state index contributed by atoms with van der Waals surface area (Å²) in [6.45, 7) is 4.63. The minimum atomic E-state index is -0.144. The predicted octanol–water partition coefficient (Wildman–Crippen LogP) is 3.59. The van der Waals surface area contributed by atoms with E-state index in [2.05, 4.69) is 29.2 Å². The summed E-state index contributed by atoms with van der Waals surface area (Å²) in [6, 6.07) is 23.6. The van der Waals surface area contributed by atoms with Crippen LogP contribution in [0.2, 0.25) is 0 Å². The summed E-state index contributed by atoms with van der Waals surface area (Å²) in [6.07, 6.45) is 0. The number of hydrogen-bond donors (Lipinski definition) is 0. The molecule has 0 saturated carbocycles. The molecule has 6 heteroatoms. The Balaban J connectivity index is 1.39. The lowest BCUT2D eigenvalue weighted by atomic mass is 9.97. The number of aryl methyl sites for hydroxylation is 1. The maximum atomic E-state index is 13.2. The summed E-state index contributed by atoms with van der Waals surface area (Å²) in [4.78, 5) is 31.6. The van der Waals surface area contributed by atoms with Gasteiger partial charge in [0.15, 0.2) is 5.76 Å². The molecule has 2 heterocycles. The molecule has 0 N–H and O–H groups in total. The average Bonchev–Trinajstić information content (AvgIpc) is 3.27. The van der Waals surface area contributed by atoms with Gasteiger partial charge in [-0.05, 0) is 30.2 Å². The van der Waals surface area contributed by atoms with Gasteiger partial charge in [0, 0.05) is 33.2 Å². The summed E-state index contributed by atoms with van der Waals surface area (Å²) in [5.41, 5.74) is 2.16. The van der Waals surface area contributed by atoms with E-state index in [1.54, 1.807) is 17.0 Å². The number of furan rings is 1. The molecule has 1 aromatic heterocycles. The number of carbonyl (C=O) groups is 2. The molecule has 4 rings (SSSR count). The van der Waals surface area contributed by atoms with E-state index in [-0.39, 0.29) is 17.9 Å². The Morgan fingerprint density at radius 2 is 1.44 bits per heavy atom. The Hall–Kier alpha value is -3.38. The smallest absolute Gasteiger partial charge is 0.289 e. The van der Waals surface area contributed by atoms with Gasteiger partial charge in [-0.1, -0.05) is 60.7 Å². The van der Waals surface area contributed by atoms with Crippen LogP contribution in [0.3, 0.4) is 0 Å². The highest BCUT2D eigenvalue weighted by molar-refractivity contribution is 5.91. The molecule has 32 heavy (non-hydrogen) atoms. The third-order valence-electron chi connectivity index (χ3n) is 5.98. The van der Waals surface area contributed by atoms with Gasteiger partial charge in [-0.2, -0.15) is 0 Å². The second-order valence-corrected chi connectivity index (χ2v) is 8.21. The summed E-state index contributed by atoms with van der Waals surface area (Å²) in [5, 5.41) is 0. The third-order valence-corrected chi connectivity index (χ3v) is 5.98. The molecule has 2 amide bonds. The van der Waals surface area contributed by atoms with Gasteiger partial charge >= 0.3 is 0 Å². The molecule has 166 valence electrons. The Morgan fingerprint density at radius 3 is 1.94 bits per heavy atom. The molecule has 6 nitrogen and oxygen atoms in total. The van der Waals surface area contributed by atoms with E-state index < -0.39 is 0 Å². The molecular weight excluding hydrogens is 402 g/mol. The van der Waals surface area contributed by atoms with E-state index in [1.807, 2.05) is 55.3 Å². The number of piperazine rings is 1. The van der Waals surface area contributed by atoms with Crippen molar-refractivity contribution in [2.75, 3.05) is 39.8 Å². The van der Waals surface area contributed by atoms with Crippen molar-refractivity contribution >= 4 is 11.8 Å². The monoisotopic (exact) mass is 431 g/mol. The molecule has 3 aromatic rings. The molecule has 0 atom stereocenters. The lowest BCUT2D eigenvalue weighted by Gasteiger charge is -2.36. The lowest BCUT2D eigenvalue weighted by molar-refractivity contribution is -0.133. The van der Waals surface area contributed by atoms with Gasteiger partial charge in [0.25, 0.3) is 5.91 Å². The maximum absolute atomic E-state index is 13.2. The van der Waals surface area contributed by atoms with Crippen LogP contribution in [-0.2, 0) is 4.79 Å². The molecule has 0 radical (unpaired) electrons. The Bertz CT molecular complexity index is 1000. The number of likely N-dealkylation sites (N-methyl/N-ethyl adjacent to an activating group) is 1. The first-order chi connectivity index (χ1) is 15.5. The second-order valence-electron chi connectivity index (χ2n) is 8.21. The van der Waals surface area contributed by atoms with Crippen LogP contribution in [0, 0.1) is 6.92 Å². The highest BCUT2D eigenvalue weighted by Gasteiger charge is 2.28. The Labute approximate surface area is 189 Å². The SMILES string of the molecule is Cc1ccc(C(=O)N2CCN(CC(=O)N(C)C(c3ccccc3)c3ccccc3)CC2)o1. The van der Waals surface area contributed by atoms with Gasteiger partial charge in [0.05, 0.1) is 12.6 Å². The Morgan fingerprint density at radius 1 is 0.875 bits per heavy atom. The zero-order valence-electron chi connectivity index (χ0n) is 18.6. The van der Waals surface area contributed by atoms with Gasteiger partial charge < -0.3 is 14.2 Å². The van der Waals surface area contributed by atoms with E-state index in [9.17, 15) is 9.59 Å². The first-order valence-corrected chi connectivity index (χ1v) is 11.0. The minimum absolute atomic E-state index is 0.0594. The number of hydrogen-bond acceptors (Lipinski definition) is 4. The molecule has 1 aliphatic rings. The van der Waals surface area contributed by atoms with Crippen LogP contribution in [0.5, 0.6) is 0 Å². The van der Waals surface area contributed by atoms with Crippen LogP contribution < -0.4 is 0 Å². The molecule has 1 fully saturated rings. The van der Waals surface area contributed by atoms with Crippen LogP contribution in [0.1, 0.15) is 33.5 Å². The Kier molecular flexibility index (Phi) is 6.71. The van der Waals surface area contributed by atoms with Gasteiger partial charge in [0.2, 0.25) is 5.91 Å². The van der Waals surface area contributed by atoms with E-state index in [1.165, 1.54) is 0 Å². The van der Waals surface area contributed by atoms with Crippen molar-refractivity contribution in [3.05, 3.63) is 95.4 Å². The summed E-state index contributed by atoms with van der Waals surface area (Å²) in [7, 11) is 1.87. The number of rotatable bonds is 6. The van der Waals surface area contributed by atoms with Crippen molar-refractivity contribution in [3.63, 3.8) is 0 Å². The van der Waals surface area contributed by atoms with Crippen molar-refractivity contribution in [2.45, 2.75) is 13.0 Å². The molecule has 0 spiro atoms. The van der Waals surface area contributed by atoms with Gasteiger partial charge in [-0.3, -0.25) is 14.5 Å². The van der Waals surface area contributed by atoms with Crippen molar-refractivity contribution in [3.8, 4) is 0 Å². The first kappa shape index (κ1) is 21.8. The van der Waals surface area contributed by atoms with E-state index >= 15 is 0 Å². The third kappa shape index (κ3) is 4.92. The lowest BCUT2D eigenvalue weighted by Crippen LogP contribution is -2.51. The highest BCUT2D eigenvalue weighted by Crippen LogP contribution is 2.27. The van der Waals surface area contributed by atoms with Crippen LogP contribution in [0.25, 0.3) is 0 Å². The fraction of sp³-hybridized carbons (Fsp3) is 0.308. The standard InChI is InChI=1S/C26H29N3O3/c1-20-13-14-23(32-20)26(31)29-17-15-28(16-18-29)19-24(30)27(2)25(21-9-5-3-6-10-21)22-11-7-4-8-12-22/h3-14,25H,15-19H2,1-2H3. The van der Waals surface area contributed by atoms with Crippen LogP contribution >= 0.6 is 0 Å². The number of benzene rings is 2. The average molecular weight is 432 g/mol. The van der Waals surface area contributed by atoms with Gasteiger partial charge in [0.1, 0.15) is 5.76 Å². The predicted molar refractivity (Wildman–Crippen MR) is 123 cm³/mol. The first-order valence-electron chi connectivity index (χ1n) is 11.0. The van der Waals surface area contributed by atoms with E-state index in [0.717, 1.165) is 16.9 Å². The summed E-state index contributed by atoms with van der Waals surface area (Å²) >= 11 is 0. The quantitative estimate of drug-likeness (QED) is 0.599. The fourth-order valence-corrected chi connectivity index (χ4v) is 4.17. The molecule has 1 aliphatic heterocycles. The van der Waals surface area contributed by atoms with Gasteiger partial charge in [-0.15, -0.1) is 0 Å². The van der Waals surface area contributed by atoms with Crippen molar-refractivity contribution in [1.82, 2.24) is 14.7 Å². The largest absolute Gasteiger partial charge is 0.456 e. The molecule has 0 aliphatic carbocycles. The van der Waals surface area contributed by atoms with Gasteiger partial charge in [-0.25, -0.2) is 0 Å². The zero-order chi connectivity index (χ0) is 22.5. The maximum Gasteiger partial charge on any atom is 0.289 e. The van der Waals surface area contributed by atoms with Crippen molar-refractivity contribution < 1.29 is 14.0 Å². The zero-order valence-corrected chi connectivity index (χ0v) is 18.6. The molecule has 0 unspecified atom stereocenters. The van der Waals surface area contributed by atoms with Crippen LogP contribution in [0.4, 0.5) is 0 Å². The normalized spacial score (nSPS) is 14.5. The second kappa shape index (κ2) is 9.83. The van der Waals surface area contributed by atoms with Crippen molar-refractivity contribution in [2.24, 2.45) is 0 Å². The number of amides is 2. The van der Waals surface area contributed by atoms with Crippen molar-refractivity contribution in [1.29, 1.82) is 0 Å². The minimum Gasteiger partial charge on any atom is -0.456 e. The molecular formula is C26H29N3O3. The molecule has 1 saturated heterocycles. The van der Waals surface area contributed by atoms with Crippen LogP contribution in [0.15, 0.2) is 77.2 Å². The topological polar surface area (TPSA) is 57.0 Å². The number of nitrogens with zero attached hydrogens (tertiary/aromatic N) is 3. The fourth-order valence-electron chi connectivity index (χ4n) is 4.17. The molecule has 0 bridgehead atoms.